The van der Waals surface area contributed by atoms with Crippen molar-refractivity contribution in [2.24, 2.45) is 17.6 Å². The molecule has 1 nitrogen and oxygen atoms in total. The molecule has 1 aliphatic carbocycles. The summed E-state index contributed by atoms with van der Waals surface area (Å²) < 4.78 is 1.18. The summed E-state index contributed by atoms with van der Waals surface area (Å²) in [7, 11) is 0. The van der Waals surface area contributed by atoms with Gasteiger partial charge in [-0.2, -0.15) is 11.3 Å². The van der Waals surface area contributed by atoms with Crippen LogP contribution in [0.2, 0.25) is 0 Å². The second kappa shape index (κ2) is 4.33. The van der Waals surface area contributed by atoms with Crippen LogP contribution in [0.25, 0.3) is 0 Å². The molecule has 1 fully saturated rings. The van der Waals surface area contributed by atoms with E-state index in [1.54, 1.807) is 11.3 Å². The summed E-state index contributed by atoms with van der Waals surface area (Å²) >= 11 is 5.28. The van der Waals surface area contributed by atoms with Crippen molar-refractivity contribution in [1.82, 2.24) is 0 Å². The number of nitrogens with two attached hydrogens (primary N) is 1. The molecular weight excluding hydrogens is 258 g/mol. The smallest absolute Gasteiger partial charge is 0.0343 e. The highest BCUT2D eigenvalue weighted by molar-refractivity contribution is 9.10. The predicted molar refractivity (Wildman–Crippen MR) is 65.5 cm³/mol. The molecule has 78 valence electrons. The molecule has 0 spiro atoms. The van der Waals surface area contributed by atoms with E-state index >= 15 is 0 Å². The Morgan fingerprint density at radius 3 is 2.64 bits per heavy atom. The average molecular weight is 274 g/mol. The Morgan fingerprint density at radius 2 is 2.21 bits per heavy atom. The van der Waals surface area contributed by atoms with Crippen molar-refractivity contribution < 1.29 is 0 Å². The lowest BCUT2D eigenvalue weighted by atomic mass is 9.73. The van der Waals surface area contributed by atoms with E-state index in [1.807, 2.05) is 0 Å². The number of hydrogen-bond donors (Lipinski definition) is 1. The Labute approximate surface area is 97.8 Å². The Hall–Kier alpha value is 0.140. The quantitative estimate of drug-likeness (QED) is 0.887. The molecule has 0 aliphatic heterocycles. The van der Waals surface area contributed by atoms with Gasteiger partial charge in [0.15, 0.2) is 0 Å². The zero-order chi connectivity index (χ0) is 10.1. The summed E-state index contributed by atoms with van der Waals surface area (Å²) in [4.78, 5) is 0. The van der Waals surface area contributed by atoms with E-state index in [0.717, 1.165) is 5.92 Å². The first-order chi connectivity index (χ1) is 6.70. The Balaban J connectivity index is 2.07. The number of hydrogen-bond acceptors (Lipinski definition) is 2. The van der Waals surface area contributed by atoms with Crippen LogP contribution in [-0.4, -0.2) is 0 Å². The SMILES string of the molecule is CC(C1CCC1)C(N)c1cscc1Br. The number of rotatable bonds is 3. The van der Waals surface area contributed by atoms with Crippen LogP contribution in [0.15, 0.2) is 15.2 Å². The number of halogens is 1. The predicted octanol–water partition coefficient (Wildman–Crippen LogP) is 3.95. The van der Waals surface area contributed by atoms with Gasteiger partial charge in [0.1, 0.15) is 0 Å². The highest BCUT2D eigenvalue weighted by atomic mass is 79.9. The van der Waals surface area contributed by atoms with Crippen molar-refractivity contribution in [3.8, 4) is 0 Å². The summed E-state index contributed by atoms with van der Waals surface area (Å²) in [5.74, 6) is 1.48. The minimum absolute atomic E-state index is 0.209. The molecule has 2 N–H and O–H groups in total. The zero-order valence-corrected chi connectivity index (χ0v) is 10.8. The summed E-state index contributed by atoms with van der Waals surface area (Å²) in [6, 6.07) is 0.209. The van der Waals surface area contributed by atoms with E-state index in [-0.39, 0.29) is 6.04 Å². The van der Waals surface area contributed by atoms with E-state index < -0.39 is 0 Å². The Kier molecular flexibility index (Phi) is 3.30. The van der Waals surface area contributed by atoms with Gasteiger partial charge in [-0.3, -0.25) is 0 Å². The van der Waals surface area contributed by atoms with Gasteiger partial charge in [-0.15, -0.1) is 0 Å². The lowest BCUT2D eigenvalue weighted by molar-refractivity contribution is 0.193. The van der Waals surface area contributed by atoms with Crippen LogP contribution in [-0.2, 0) is 0 Å². The summed E-state index contributed by atoms with van der Waals surface area (Å²) in [6.07, 6.45) is 4.14. The van der Waals surface area contributed by atoms with Crippen LogP contribution in [0.4, 0.5) is 0 Å². The van der Waals surface area contributed by atoms with E-state index in [4.69, 9.17) is 5.73 Å². The summed E-state index contributed by atoms with van der Waals surface area (Å²) in [5.41, 5.74) is 7.56. The van der Waals surface area contributed by atoms with Gasteiger partial charge in [0.2, 0.25) is 0 Å². The molecule has 0 aromatic carbocycles. The summed E-state index contributed by atoms with van der Waals surface area (Å²) in [6.45, 7) is 2.29. The third-order valence-corrected chi connectivity index (χ3v) is 5.21. The highest BCUT2D eigenvalue weighted by Gasteiger charge is 2.29. The normalized spacial score (nSPS) is 21.6. The molecule has 0 radical (unpaired) electrons. The molecule has 0 amide bonds. The van der Waals surface area contributed by atoms with Gasteiger partial charge in [0, 0.05) is 15.9 Å². The minimum Gasteiger partial charge on any atom is -0.324 e. The molecule has 1 aromatic rings. The van der Waals surface area contributed by atoms with Crippen molar-refractivity contribution in [2.75, 3.05) is 0 Å². The molecule has 1 aliphatic rings. The highest BCUT2D eigenvalue weighted by Crippen LogP contribution is 2.40. The molecule has 0 bridgehead atoms. The lowest BCUT2D eigenvalue weighted by Crippen LogP contribution is -2.29. The van der Waals surface area contributed by atoms with Crippen molar-refractivity contribution in [1.29, 1.82) is 0 Å². The molecule has 3 heteroatoms. The molecule has 1 saturated carbocycles. The summed E-state index contributed by atoms with van der Waals surface area (Å²) in [5, 5.41) is 4.28. The Morgan fingerprint density at radius 1 is 1.50 bits per heavy atom. The van der Waals surface area contributed by atoms with E-state index in [9.17, 15) is 0 Å². The fourth-order valence-electron chi connectivity index (χ4n) is 2.07. The van der Waals surface area contributed by atoms with Gasteiger partial charge in [-0.1, -0.05) is 26.2 Å². The largest absolute Gasteiger partial charge is 0.324 e. The van der Waals surface area contributed by atoms with Crippen LogP contribution in [0, 0.1) is 11.8 Å². The van der Waals surface area contributed by atoms with Gasteiger partial charge in [-0.05, 0) is 38.7 Å². The molecule has 1 heterocycles. The van der Waals surface area contributed by atoms with Crippen LogP contribution < -0.4 is 5.73 Å². The maximum atomic E-state index is 6.27. The molecule has 1 aromatic heterocycles. The first-order valence-electron chi connectivity index (χ1n) is 5.17. The fraction of sp³-hybridized carbons (Fsp3) is 0.636. The molecule has 2 unspecified atom stereocenters. The van der Waals surface area contributed by atoms with Crippen LogP contribution in [0.1, 0.15) is 37.8 Å². The van der Waals surface area contributed by atoms with Gasteiger partial charge >= 0.3 is 0 Å². The first kappa shape index (κ1) is 10.7. The minimum atomic E-state index is 0.209. The standard InChI is InChI=1S/C11H16BrNS/c1-7(8-3-2-4-8)11(13)9-5-14-6-10(9)12/h5-8,11H,2-4,13H2,1H3. The van der Waals surface area contributed by atoms with Crippen LogP contribution in [0.5, 0.6) is 0 Å². The van der Waals surface area contributed by atoms with Gasteiger partial charge in [0.05, 0.1) is 0 Å². The van der Waals surface area contributed by atoms with E-state index in [2.05, 4.69) is 33.6 Å². The molecular formula is C11H16BrNS. The third-order valence-electron chi connectivity index (χ3n) is 3.46. The second-order valence-electron chi connectivity index (χ2n) is 4.25. The van der Waals surface area contributed by atoms with Gasteiger partial charge in [0.25, 0.3) is 0 Å². The van der Waals surface area contributed by atoms with Gasteiger partial charge in [-0.25, -0.2) is 0 Å². The third kappa shape index (κ3) is 1.90. The molecule has 0 saturated heterocycles. The lowest BCUT2D eigenvalue weighted by Gasteiger charge is -2.35. The molecule has 14 heavy (non-hydrogen) atoms. The first-order valence-corrected chi connectivity index (χ1v) is 6.91. The Bertz CT molecular complexity index is 306. The second-order valence-corrected chi connectivity index (χ2v) is 5.85. The van der Waals surface area contributed by atoms with Crippen molar-refractivity contribution >= 4 is 27.3 Å². The van der Waals surface area contributed by atoms with Crippen molar-refractivity contribution in [3.63, 3.8) is 0 Å². The maximum absolute atomic E-state index is 6.27. The van der Waals surface area contributed by atoms with E-state index in [0.29, 0.717) is 5.92 Å². The average Bonchev–Trinajstić information content (AvgIpc) is 2.47. The maximum Gasteiger partial charge on any atom is 0.0343 e. The van der Waals surface area contributed by atoms with Crippen molar-refractivity contribution in [3.05, 3.63) is 20.8 Å². The topological polar surface area (TPSA) is 26.0 Å². The van der Waals surface area contributed by atoms with Gasteiger partial charge < -0.3 is 5.73 Å². The fourth-order valence-corrected chi connectivity index (χ4v) is 3.68. The van der Waals surface area contributed by atoms with Crippen molar-refractivity contribution in [2.45, 2.75) is 32.2 Å². The van der Waals surface area contributed by atoms with Crippen LogP contribution >= 0.6 is 27.3 Å². The van der Waals surface area contributed by atoms with E-state index in [1.165, 1.54) is 29.3 Å². The molecule has 2 atom stereocenters. The van der Waals surface area contributed by atoms with Crippen LogP contribution in [0.3, 0.4) is 0 Å². The molecule has 2 rings (SSSR count). The number of thiophene rings is 1. The zero-order valence-electron chi connectivity index (χ0n) is 8.37. The monoisotopic (exact) mass is 273 g/mol.